The van der Waals surface area contributed by atoms with Gasteiger partial charge in [-0.1, -0.05) is 47.6 Å². The maximum atomic E-state index is 13.0. The van der Waals surface area contributed by atoms with Crippen molar-refractivity contribution in [2.75, 3.05) is 11.1 Å². The first-order valence-corrected chi connectivity index (χ1v) is 12.2. The number of carbonyl (C=O) groups is 1. The van der Waals surface area contributed by atoms with Crippen LogP contribution in [0, 0.1) is 13.8 Å². The van der Waals surface area contributed by atoms with Crippen molar-refractivity contribution < 1.29 is 9.53 Å². The molecule has 182 valence electrons. The molecule has 0 unspecified atom stereocenters. The van der Waals surface area contributed by atoms with Crippen LogP contribution in [0.1, 0.15) is 17.1 Å². The molecule has 0 radical (unpaired) electrons. The Morgan fingerprint density at radius 2 is 1.86 bits per heavy atom. The van der Waals surface area contributed by atoms with Gasteiger partial charge in [0.15, 0.2) is 11.0 Å². The van der Waals surface area contributed by atoms with Crippen molar-refractivity contribution >= 4 is 35.0 Å². The topological polar surface area (TPSA) is 96.0 Å². The van der Waals surface area contributed by atoms with Crippen molar-refractivity contribution in [2.45, 2.75) is 25.6 Å². The third-order valence-electron chi connectivity index (χ3n) is 5.52. The van der Waals surface area contributed by atoms with Crippen LogP contribution in [0.5, 0.6) is 5.75 Å². The van der Waals surface area contributed by atoms with Crippen molar-refractivity contribution in [2.24, 2.45) is 14.1 Å². The molecule has 4 rings (SSSR count). The minimum atomic E-state index is -0.312. The van der Waals surface area contributed by atoms with E-state index >= 15 is 0 Å². The zero-order valence-electron chi connectivity index (χ0n) is 19.8. The van der Waals surface area contributed by atoms with Crippen LogP contribution in [0.25, 0.3) is 5.69 Å². The van der Waals surface area contributed by atoms with Gasteiger partial charge in [0.1, 0.15) is 18.0 Å². The lowest BCUT2D eigenvalue weighted by Gasteiger charge is -2.09. The van der Waals surface area contributed by atoms with Crippen molar-refractivity contribution in [3.8, 4) is 11.4 Å². The number of hydrogen-bond acceptors (Lipinski definition) is 6. The number of nitrogens with one attached hydrogen (secondary N) is 1. The molecule has 0 bridgehead atoms. The predicted octanol–water partition coefficient (Wildman–Crippen LogP) is 3.88. The Balaban J connectivity index is 1.40. The first kappa shape index (κ1) is 24.6. The fourth-order valence-corrected chi connectivity index (χ4v) is 4.38. The third kappa shape index (κ3) is 5.28. The molecule has 4 aromatic rings. The van der Waals surface area contributed by atoms with E-state index in [0.29, 0.717) is 27.4 Å². The number of para-hydroxylation sites is 1. The monoisotopic (exact) mass is 512 g/mol. The van der Waals surface area contributed by atoms with Crippen LogP contribution in [-0.4, -0.2) is 35.8 Å². The zero-order valence-corrected chi connectivity index (χ0v) is 21.4. The van der Waals surface area contributed by atoms with Gasteiger partial charge in [0.05, 0.1) is 22.2 Å². The molecule has 0 aliphatic carbocycles. The van der Waals surface area contributed by atoms with Crippen LogP contribution in [0.15, 0.2) is 58.5 Å². The van der Waals surface area contributed by atoms with Crippen LogP contribution in [0.4, 0.5) is 5.69 Å². The number of hydrogen-bond donors (Lipinski definition) is 1. The van der Waals surface area contributed by atoms with Gasteiger partial charge in [-0.05, 0) is 43.7 Å². The fourth-order valence-electron chi connectivity index (χ4n) is 3.48. The van der Waals surface area contributed by atoms with Gasteiger partial charge in [0, 0.05) is 14.1 Å². The third-order valence-corrected chi connectivity index (χ3v) is 6.85. The minimum Gasteiger partial charge on any atom is -0.484 e. The summed E-state index contributed by atoms with van der Waals surface area (Å²) in [4.78, 5) is 25.6. The molecule has 0 fully saturated rings. The molecule has 1 N–H and O–H groups in total. The highest BCUT2D eigenvalue weighted by Crippen LogP contribution is 2.26. The highest BCUT2D eigenvalue weighted by Gasteiger charge is 2.19. The number of benzene rings is 2. The molecule has 0 atom stereocenters. The van der Waals surface area contributed by atoms with E-state index < -0.39 is 0 Å². The van der Waals surface area contributed by atoms with Gasteiger partial charge < -0.3 is 14.6 Å². The summed E-state index contributed by atoms with van der Waals surface area (Å²) in [6.07, 6.45) is 0. The Morgan fingerprint density at radius 1 is 1.11 bits per heavy atom. The van der Waals surface area contributed by atoms with Gasteiger partial charge in [0.2, 0.25) is 5.91 Å². The molecule has 0 aliphatic rings. The lowest BCUT2D eigenvalue weighted by atomic mass is 10.2. The molecular formula is C24H25ClN6O3S. The highest BCUT2D eigenvalue weighted by molar-refractivity contribution is 7.99. The molecule has 0 saturated carbocycles. The molecule has 0 saturated heterocycles. The van der Waals surface area contributed by atoms with Gasteiger partial charge in [-0.2, -0.15) is 0 Å². The van der Waals surface area contributed by atoms with Crippen molar-refractivity contribution in [1.29, 1.82) is 0 Å². The minimum absolute atomic E-state index is 0.0651. The standard InChI is InChI=1S/C24H25ClN6O3S/c1-15-10-11-18(25)19(12-15)34-13-20-27-28-24(29(20)3)35-14-21(32)26-22-16(2)30(4)31(23(22)33)17-8-6-5-7-9-17/h5-12H,13-14H2,1-4H3,(H,26,32). The Labute approximate surface area is 211 Å². The molecule has 1 amide bonds. The van der Waals surface area contributed by atoms with Crippen LogP contribution >= 0.6 is 23.4 Å². The van der Waals surface area contributed by atoms with E-state index in [4.69, 9.17) is 16.3 Å². The number of thioether (sulfide) groups is 1. The van der Waals surface area contributed by atoms with Gasteiger partial charge in [-0.3, -0.25) is 14.3 Å². The predicted molar refractivity (Wildman–Crippen MR) is 137 cm³/mol. The number of carbonyl (C=O) groups excluding carboxylic acids is 1. The SMILES string of the molecule is Cc1ccc(Cl)c(OCc2nnc(SCC(=O)Nc3c(C)n(C)n(-c4ccccc4)c3=O)n2C)c1. The maximum absolute atomic E-state index is 13.0. The lowest BCUT2D eigenvalue weighted by Crippen LogP contribution is -2.23. The molecule has 2 aromatic heterocycles. The largest absolute Gasteiger partial charge is 0.484 e. The Kier molecular flexibility index (Phi) is 7.32. The number of ether oxygens (including phenoxy) is 1. The highest BCUT2D eigenvalue weighted by atomic mass is 35.5. The summed E-state index contributed by atoms with van der Waals surface area (Å²) < 4.78 is 10.8. The number of aryl methyl sites for hydroxylation is 1. The zero-order chi connectivity index (χ0) is 25.1. The second-order valence-corrected chi connectivity index (χ2v) is 9.30. The van der Waals surface area contributed by atoms with E-state index in [0.717, 1.165) is 11.3 Å². The molecule has 2 heterocycles. The van der Waals surface area contributed by atoms with Gasteiger partial charge in [-0.25, -0.2) is 4.68 Å². The first-order valence-electron chi connectivity index (χ1n) is 10.8. The summed E-state index contributed by atoms with van der Waals surface area (Å²) in [5, 5.41) is 12.1. The molecule has 0 spiro atoms. The summed E-state index contributed by atoms with van der Waals surface area (Å²) in [5.74, 6) is 0.918. The Morgan fingerprint density at radius 3 is 2.60 bits per heavy atom. The van der Waals surface area contributed by atoms with E-state index in [9.17, 15) is 9.59 Å². The number of amides is 1. The van der Waals surface area contributed by atoms with Crippen LogP contribution in [0.2, 0.25) is 5.02 Å². The summed E-state index contributed by atoms with van der Waals surface area (Å²) in [6, 6.07) is 14.8. The maximum Gasteiger partial charge on any atom is 0.295 e. The average molecular weight is 513 g/mol. The number of aromatic nitrogens is 5. The summed E-state index contributed by atoms with van der Waals surface area (Å²) in [5.41, 5.74) is 2.38. The normalized spacial score (nSPS) is 11.0. The molecule has 35 heavy (non-hydrogen) atoms. The van der Waals surface area contributed by atoms with Crippen molar-refractivity contribution in [3.05, 3.63) is 81.0 Å². The van der Waals surface area contributed by atoms with E-state index in [1.165, 1.54) is 16.4 Å². The van der Waals surface area contributed by atoms with E-state index in [2.05, 4.69) is 15.5 Å². The van der Waals surface area contributed by atoms with Crippen LogP contribution < -0.4 is 15.6 Å². The van der Waals surface area contributed by atoms with Gasteiger partial charge in [-0.15, -0.1) is 10.2 Å². The number of rotatable bonds is 8. The second kappa shape index (κ2) is 10.4. The molecule has 9 nitrogen and oxygen atoms in total. The van der Waals surface area contributed by atoms with Gasteiger partial charge in [0.25, 0.3) is 5.56 Å². The van der Waals surface area contributed by atoms with Crippen molar-refractivity contribution in [1.82, 2.24) is 24.1 Å². The summed E-state index contributed by atoms with van der Waals surface area (Å²) >= 11 is 7.41. The molecule has 2 aromatic carbocycles. The second-order valence-electron chi connectivity index (χ2n) is 7.95. The number of halogens is 1. The number of anilines is 1. The molecular weight excluding hydrogens is 488 g/mol. The molecule has 0 aliphatic heterocycles. The average Bonchev–Trinajstić information content (AvgIpc) is 3.30. The quantitative estimate of drug-likeness (QED) is 0.360. The number of nitrogens with zero attached hydrogens (tertiary/aromatic N) is 5. The summed E-state index contributed by atoms with van der Waals surface area (Å²) in [7, 11) is 3.58. The lowest BCUT2D eigenvalue weighted by molar-refractivity contribution is -0.113. The van der Waals surface area contributed by atoms with E-state index in [-0.39, 0.29) is 29.5 Å². The van der Waals surface area contributed by atoms with Crippen LogP contribution in [0.3, 0.4) is 0 Å². The fraction of sp³-hybridized carbons (Fsp3) is 0.250. The van der Waals surface area contributed by atoms with Crippen molar-refractivity contribution in [3.63, 3.8) is 0 Å². The first-order chi connectivity index (χ1) is 16.8. The smallest absolute Gasteiger partial charge is 0.295 e. The van der Waals surface area contributed by atoms with Gasteiger partial charge >= 0.3 is 0 Å². The Hall–Kier alpha value is -3.50. The van der Waals surface area contributed by atoms with Crippen LogP contribution in [-0.2, 0) is 25.5 Å². The van der Waals surface area contributed by atoms with E-state index in [1.807, 2.05) is 49.4 Å². The summed E-state index contributed by atoms with van der Waals surface area (Å²) in [6.45, 7) is 3.93. The molecule has 11 heteroatoms. The Bertz CT molecular complexity index is 1430. The van der Waals surface area contributed by atoms with E-state index in [1.54, 1.807) is 36.3 Å².